The summed E-state index contributed by atoms with van der Waals surface area (Å²) in [5.74, 6) is -2.24. The van der Waals surface area contributed by atoms with Crippen molar-refractivity contribution >= 4 is 58.4 Å². The molecule has 0 spiro atoms. The van der Waals surface area contributed by atoms with E-state index in [1.165, 1.54) is 9.80 Å². The molecule has 35 heavy (non-hydrogen) atoms. The number of benzene rings is 2. The van der Waals surface area contributed by atoms with Crippen molar-refractivity contribution in [3.05, 3.63) is 58.6 Å². The largest absolute Gasteiger partial charge is 0.480 e. The van der Waals surface area contributed by atoms with E-state index in [1.54, 1.807) is 48.5 Å². The Bertz CT molecular complexity index is 1040. The van der Waals surface area contributed by atoms with Crippen LogP contribution in [-0.2, 0) is 9.59 Å². The van der Waals surface area contributed by atoms with E-state index in [0.29, 0.717) is 34.4 Å². The fourth-order valence-electron chi connectivity index (χ4n) is 3.23. The number of guanidine groups is 2. The Labute approximate surface area is 214 Å². The zero-order valence-corrected chi connectivity index (χ0v) is 20.9. The Morgan fingerprint density at radius 2 is 1.51 bits per heavy atom. The monoisotopic (exact) mass is 521 g/mol. The van der Waals surface area contributed by atoms with Crippen LogP contribution in [0.4, 0.5) is 11.4 Å². The minimum atomic E-state index is -1.17. The quantitative estimate of drug-likeness (QED) is 0.218. The third-order valence-electron chi connectivity index (χ3n) is 4.83. The van der Waals surface area contributed by atoms with Crippen LogP contribution >= 0.6 is 23.2 Å². The minimum absolute atomic E-state index is 0.0391. The molecule has 2 aromatic carbocycles. The zero-order chi connectivity index (χ0) is 25.8. The van der Waals surface area contributed by atoms with Crippen molar-refractivity contribution in [2.45, 2.75) is 32.6 Å². The number of nitrogens with zero attached hydrogens (tertiary/aromatic N) is 4. The van der Waals surface area contributed by atoms with E-state index in [1.807, 2.05) is 0 Å². The lowest BCUT2D eigenvalue weighted by Crippen LogP contribution is -2.52. The number of hydrogen-bond acceptors (Lipinski definition) is 4. The second-order valence-electron chi connectivity index (χ2n) is 7.64. The van der Waals surface area contributed by atoms with E-state index in [4.69, 9.17) is 28.9 Å². The normalized spacial score (nSPS) is 11.9. The maximum absolute atomic E-state index is 11.7. The van der Waals surface area contributed by atoms with Crippen LogP contribution in [0.2, 0.25) is 10.0 Å². The molecule has 0 fully saturated rings. The molecule has 0 bridgehead atoms. The van der Waals surface area contributed by atoms with Crippen molar-refractivity contribution in [1.82, 2.24) is 4.90 Å². The summed E-state index contributed by atoms with van der Waals surface area (Å²) >= 11 is 12.0. The first kappa shape index (κ1) is 27.9. The number of hydrogen-bond donors (Lipinski definition) is 3. The third-order valence-corrected chi connectivity index (χ3v) is 5.33. The summed E-state index contributed by atoms with van der Waals surface area (Å²) in [7, 11) is 0. The van der Waals surface area contributed by atoms with Gasteiger partial charge in [-0.25, -0.2) is 9.98 Å². The number of carboxylic acids is 2. The van der Waals surface area contributed by atoms with E-state index >= 15 is 0 Å². The van der Waals surface area contributed by atoms with E-state index in [0.717, 1.165) is 19.3 Å². The average Bonchev–Trinajstić information content (AvgIpc) is 2.80. The molecule has 2 rings (SSSR count). The summed E-state index contributed by atoms with van der Waals surface area (Å²) in [5, 5.41) is 19.9. The Kier molecular flexibility index (Phi) is 11.3. The van der Waals surface area contributed by atoms with Crippen molar-refractivity contribution in [3.63, 3.8) is 0 Å². The van der Waals surface area contributed by atoms with Crippen LogP contribution < -0.4 is 10.6 Å². The van der Waals surface area contributed by atoms with Crippen molar-refractivity contribution in [2.75, 3.05) is 24.5 Å². The predicted molar refractivity (Wildman–Crippen MR) is 140 cm³/mol. The van der Waals surface area contributed by atoms with E-state index in [2.05, 4.69) is 16.9 Å². The molecule has 0 atom stereocenters. The van der Waals surface area contributed by atoms with Crippen molar-refractivity contribution in [3.8, 4) is 0 Å². The second-order valence-corrected chi connectivity index (χ2v) is 8.52. The van der Waals surface area contributed by atoms with E-state index < -0.39 is 25.0 Å². The number of unbranched alkanes of at least 4 members (excludes halogenated alkanes) is 3. The Morgan fingerprint density at radius 1 is 0.914 bits per heavy atom. The number of halogens is 2. The molecule has 188 valence electrons. The van der Waals surface area contributed by atoms with E-state index in [9.17, 15) is 19.8 Å². The summed E-state index contributed by atoms with van der Waals surface area (Å²) in [6.45, 7) is 1.43. The second kappa shape index (κ2) is 14.2. The highest BCUT2D eigenvalue weighted by molar-refractivity contribution is 6.31. The third kappa shape index (κ3) is 9.46. The van der Waals surface area contributed by atoms with Gasteiger partial charge < -0.3 is 20.8 Å². The maximum Gasteiger partial charge on any atom is 0.325 e. The van der Waals surface area contributed by atoms with Crippen LogP contribution in [0.1, 0.15) is 32.6 Å². The number of aliphatic imine (C=N–C) groups is 2. The van der Waals surface area contributed by atoms with Gasteiger partial charge in [0.2, 0.25) is 11.9 Å². The van der Waals surface area contributed by atoms with Gasteiger partial charge in [-0.1, -0.05) is 49.4 Å². The van der Waals surface area contributed by atoms with Crippen molar-refractivity contribution in [2.24, 2.45) is 15.7 Å². The zero-order valence-electron chi connectivity index (χ0n) is 19.4. The molecule has 0 saturated heterocycles. The molecule has 0 aliphatic rings. The SMILES string of the molecule is CCCCCCN(CC(=O)O)C(=NCC(=O)O)N(C(N)=Nc1ccc(Cl)cc1)c1ccc(Cl)cc1. The van der Waals surface area contributed by atoms with Gasteiger partial charge in [-0.15, -0.1) is 0 Å². The molecule has 0 saturated carbocycles. The van der Waals surface area contributed by atoms with Gasteiger partial charge in [0.25, 0.3) is 0 Å². The van der Waals surface area contributed by atoms with Gasteiger partial charge in [-0.05, 0) is 55.0 Å². The minimum Gasteiger partial charge on any atom is -0.480 e. The number of carboxylic acid groups (broad SMARTS) is 2. The molecule has 0 heterocycles. The number of rotatable bonds is 11. The summed E-state index contributed by atoms with van der Waals surface area (Å²) in [5.41, 5.74) is 7.40. The molecule has 11 heteroatoms. The fourth-order valence-corrected chi connectivity index (χ4v) is 3.48. The molecular weight excluding hydrogens is 493 g/mol. The number of nitrogens with two attached hydrogens (primary N) is 1. The number of anilines is 1. The van der Waals surface area contributed by atoms with Gasteiger partial charge in [0.05, 0.1) is 11.4 Å². The topological polar surface area (TPSA) is 132 Å². The number of carbonyl (C=O) groups is 2. The molecule has 9 nitrogen and oxygen atoms in total. The van der Waals surface area contributed by atoms with Gasteiger partial charge in [0.15, 0.2) is 0 Å². The fraction of sp³-hybridized carbons (Fsp3) is 0.333. The lowest BCUT2D eigenvalue weighted by molar-refractivity contribution is -0.137. The lowest BCUT2D eigenvalue weighted by Gasteiger charge is -2.33. The standard InChI is InChI=1S/C24H29Cl2N5O4/c1-2-3-4-5-14-30(16-22(34)35)24(28-15-21(32)33)31(20-12-8-18(26)9-13-20)23(27)29-19-10-6-17(25)7-11-19/h6-13H,2-5,14-16H2,1H3,(H2,27,29)(H,32,33)(H,34,35). The van der Waals surface area contributed by atoms with Gasteiger partial charge in [-0.2, -0.15) is 0 Å². The highest BCUT2D eigenvalue weighted by atomic mass is 35.5. The molecule has 4 N–H and O–H groups in total. The molecule has 0 amide bonds. The predicted octanol–water partition coefficient (Wildman–Crippen LogP) is 4.85. The molecule has 2 aromatic rings. The molecule has 0 aliphatic carbocycles. The Morgan fingerprint density at radius 3 is 2.06 bits per heavy atom. The lowest BCUT2D eigenvalue weighted by atomic mass is 10.2. The van der Waals surface area contributed by atoms with Crippen LogP contribution in [0.25, 0.3) is 0 Å². The molecule has 0 radical (unpaired) electrons. The Balaban J connectivity index is 2.60. The van der Waals surface area contributed by atoms with Crippen molar-refractivity contribution < 1.29 is 19.8 Å². The van der Waals surface area contributed by atoms with Crippen LogP contribution in [0.15, 0.2) is 58.5 Å². The highest BCUT2D eigenvalue weighted by Gasteiger charge is 2.25. The summed E-state index contributed by atoms with van der Waals surface area (Å²) in [6, 6.07) is 13.3. The smallest absolute Gasteiger partial charge is 0.325 e. The number of aliphatic carboxylic acids is 2. The molecule has 0 unspecified atom stereocenters. The molecule has 0 aliphatic heterocycles. The average molecular weight is 522 g/mol. The van der Waals surface area contributed by atoms with Crippen LogP contribution in [-0.4, -0.2) is 58.6 Å². The first-order valence-corrected chi connectivity index (χ1v) is 11.8. The first-order valence-electron chi connectivity index (χ1n) is 11.1. The molecular formula is C24H29Cl2N5O4. The summed E-state index contributed by atoms with van der Waals surface area (Å²) in [4.78, 5) is 34.7. The first-order chi connectivity index (χ1) is 16.7. The summed E-state index contributed by atoms with van der Waals surface area (Å²) in [6.07, 6.45) is 3.57. The van der Waals surface area contributed by atoms with Crippen LogP contribution in [0.3, 0.4) is 0 Å². The van der Waals surface area contributed by atoms with Gasteiger partial charge in [0.1, 0.15) is 13.1 Å². The van der Waals surface area contributed by atoms with Crippen LogP contribution in [0, 0.1) is 0 Å². The van der Waals surface area contributed by atoms with Gasteiger partial charge in [-0.3, -0.25) is 14.5 Å². The van der Waals surface area contributed by atoms with Crippen molar-refractivity contribution in [1.29, 1.82) is 0 Å². The summed E-state index contributed by atoms with van der Waals surface area (Å²) < 4.78 is 0. The van der Waals surface area contributed by atoms with Gasteiger partial charge in [0, 0.05) is 16.6 Å². The van der Waals surface area contributed by atoms with Crippen LogP contribution in [0.5, 0.6) is 0 Å². The van der Waals surface area contributed by atoms with Gasteiger partial charge >= 0.3 is 11.9 Å². The maximum atomic E-state index is 11.7. The highest BCUT2D eigenvalue weighted by Crippen LogP contribution is 2.22. The Hall–Kier alpha value is -3.30. The molecule has 0 aromatic heterocycles. The van der Waals surface area contributed by atoms with E-state index in [-0.39, 0.29) is 11.9 Å².